The molecule has 2 heterocycles. The average Bonchev–Trinajstić information content (AvgIpc) is 2.38. The van der Waals surface area contributed by atoms with Crippen LogP contribution in [0.15, 0.2) is 0 Å². The van der Waals surface area contributed by atoms with Crippen molar-refractivity contribution in [2.24, 2.45) is 10.8 Å². The van der Waals surface area contributed by atoms with Gasteiger partial charge in [0.15, 0.2) is 0 Å². The van der Waals surface area contributed by atoms with Crippen LogP contribution in [-0.2, 0) is 18.9 Å². The Morgan fingerprint density at radius 3 is 1.30 bits per heavy atom. The molecule has 4 heteroatoms. The SMILES string of the molecule is CCC1(C(CCC(OC)C2(CC)COC2)OC)COC1. The molecule has 0 N–H and O–H groups in total. The molecule has 0 spiro atoms. The summed E-state index contributed by atoms with van der Waals surface area (Å²) in [6.45, 7) is 7.80. The maximum Gasteiger partial charge on any atom is 0.0672 e. The van der Waals surface area contributed by atoms with E-state index in [-0.39, 0.29) is 23.0 Å². The fraction of sp³-hybridized carbons (Fsp3) is 1.00. The van der Waals surface area contributed by atoms with E-state index in [9.17, 15) is 0 Å². The van der Waals surface area contributed by atoms with Crippen LogP contribution < -0.4 is 0 Å². The lowest BCUT2D eigenvalue weighted by Gasteiger charge is -2.48. The van der Waals surface area contributed by atoms with Crippen molar-refractivity contribution in [1.29, 1.82) is 0 Å². The summed E-state index contributed by atoms with van der Waals surface area (Å²) in [5.74, 6) is 0. The predicted octanol–water partition coefficient (Wildman–Crippen LogP) is 2.65. The molecule has 118 valence electrons. The van der Waals surface area contributed by atoms with E-state index in [2.05, 4.69) is 13.8 Å². The second-order valence-electron chi connectivity index (χ2n) is 6.44. The van der Waals surface area contributed by atoms with Crippen molar-refractivity contribution in [2.45, 2.75) is 51.7 Å². The standard InChI is InChI=1S/C16H30O4/c1-5-15(9-19-10-15)13(17-3)7-8-14(18-4)16(6-2)11-20-12-16/h13-14H,5-12H2,1-4H3. The predicted molar refractivity (Wildman–Crippen MR) is 77.9 cm³/mol. The van der Waals surface area contributed by atoms with Gasteiger partial charge in [-0.25, -0.2) is 0 Å². The molecule has 2 unspecified atom stereocenters. The Hall–Kier alpha value is -0.160. The molecule has 0 radical (unpaired) electrons. The first-order chi connectivity index (χ1) is 9.66. The van der Waals surface area contributed by atoms with E-state index in [1.165, 1.54) is 0 Å². The molecule has 20 heavy (non-hydrogen) atoms. The van der Waals surface area contributed by atoms with E-state index in [1.54, 1.807) is 0 Å². The van der Waals surface area contributed by atoms with Crippen molar-refractivity contribution >= 4 is 0 Å². The van der Waals surface area contributed by atoms with E-state index in [0.717, 1.165) is 52.1 Å². The second kappa shape index (κ2) is 6.73. The van der Waals surface area contributed by atoms with Gasteiger partial charge in [0.05, 0.1) is 38.6 Å². The number of ether oxygens (including phenoxy) is 4. The molecule has 0 amide bonds. The highest BCUT2D eigenvalue weighted by Gasteiger charge is 2.47. The van der Waals surface area contributed by atoms with E-state index < -0.39 is 0 Å². The Morgan fingerprint density at radius 1 is 0.800 bits per heavy atom. The van der Waals surface area contributed by atoms with Crippen LogP contribution in [-0.4, -0.2) is 52.9 Å². The van der Waals surface area contributed by atoms with Crippen LogP contribution in [0.2, 0.25) is 0 Å². The molecule has 0 aromatic rings. The molecule has 2 aliphatic heterocycles. The van der Waals surface area contributed by atoms with Gasteiger partial charge < -0.3 is 18.9 Å². The Bertz CT molecular complexity index is 256. The fourth-order valence-electron chi connectivity index (χ4n) is 3.61. The maximum atomic E-state index is 5.77. The van der Waals surface area contributed by atoms with Gasteiger partial charge >= 0.3 is 0 Å². The molecule has 4 nitrogen and oxygen atoms in total. The van der Waals surface area contributed by atoms with Crippen LogP contribution in [0, 0.1) is 10.8 Å². The monoisotopic (exact) mass is 286 g/mol. The molecule has 2 aliphatic rings. The molecular formula is C16H30O4. The van der Waals surface area contributed by atoms with Crippen molar-refractivity contribution < 1.29 is 18.9 Å². The number of rotatable bonds is 9. The average molecular weight is 286 g/mol. The molecule has 2 atom stereocenters. The minimum absolute atomic E-state index is 0.225. The summed E-state index contributed by atoms with van der Waals surface area (Å²) in [5, 5.41) is 0. The third kappa shape index (κ3) is 2.76. The number of methoxy groups -OCH3 is 2. The number of hydrogen-bond donors (Lipinski definition) is 0. The van der Waals surface area contributed by atoms with Gasteiger partial charge in [0.25, 0.3) is 0 Å². The molecule has 0 aromatic heterocycles. The molecule has 2 rings (SSSR count). The minimum Gasteiger partial charge on any atom is -0.381 e. The molecule has 0 aliphatic carbocycles. The first-order valence-electron chi connectivity index (χ1n) is 7.87. The van der Waals surface area contributed by atoms with Gasteiger partial charge in [-0.1, -0.05) is 13.8 Å². The zero-order chi connectivity index (χ0) is 14.6. The lowest BCUT2D eigenvalue weighted by molar-refractivity contribution is -0.200. The summed E-state index contributed by atoms with van der Waals surface area (Å²) in [6, 6.07) is 0. The Kier molecular flexibility index (Phi) is 5.46. The molecule has 2 saturated heterocycles. The molecule has 2 fully saturated rings. The molecular weight excluding hydrogens is 256 g/mol. The van der Waals surface area contributed by atoms with Crippen LogP contribution in [0.5, 0.6) is 0 Å². The Labute approximate surface area is 123 Å². The fourth-order valence-corrected chi connectivity index (χ4v) is 3.61. The van der Waals surface area contributed by atoms with Gasteiger partial charge in [-0.05, 0) is 25.7 Å². The smallest absolute Gasteiger partial charge is 0.0672 e. The van der Waals surface area contributed by atoms with Crippen molar-refractivity contribution in [1.82, 2.24) is 0 Å². The van der Waals surface area contributed by atoms with E-state index >= 15 is 0 Å². The van der Waals surface area contributed by atoms with Gasteiger partial charge in [-0.15, -0.1) is 0 Å². The molecule has 0 bridgehead atoms. The van der Waals surface area contributed by atoms with Gasteiger partial charge in [-0.3, -0.25) is 0 Å². The highest BCUT2D eigenvalue weighted by atomic mass is 16.5. The van der Waals surface area contributed by atoms with Gasteiger partial charge in [0.1, 0.15) is 0 Å². The van der Waals surface area contributed by atoms with E-state index in [4.69, 9.17) is 18.9 Å². The Balaban J connectivity index is 1.91. The molecule has 0 aromatic carbocycles. The summed E-state index contributed by atoms with van der Waals surface area (Å²) in [7, 11) is 3.65. The van der Waals surface area contributed by atoms with Crippen LogP contribution in [0.3, 0.4) is 0 Å². The maximum absolute atomic E-state index is 5.77. The van der Waals surface area contributed by atoms with Crippen molar-refractivity contribution in [3.05, 3.63) is 0 Å². The Morgan fingerprint density at radius 2 is 1.15 bits per heavy atom. The zero-order valence-corrected chi connectivity index (χ0v) is 13.4. The zero-order valence-electron chi connectivity index (χ0n) is 13.4. The van der Waals surface area contributed by atoms with E-state index in [0.29, 0.717) is 0 Å². The van der Waals surface area contributed by atoms with Crippen LogP contribution in [0.25, 0.3) is 0 Å². The summed E-state index contributed by atoms with van der Waals surface area (Å²) in [4.78, 5) is 0. The summed E-state index contributed by atoms with van der Waals surface area (Å²) in [6.07, 6.45) is 4.85. The third-order valence-electron chi connectivity index (χ3n) is 5.59. The lowest BCUT2D eigenvalue weighted by atomic mass is 9.72. The van der Waals surface area contributed by atoms with Gasteiger partial charge in [0.2, 0.25) is 0 Å². The van der Waals surface area contributed by atoms with Crippen LogP contribution in [0.1, 0.15) is 39.5 Å². The minimum atomic E-state index is 0.225. The first-order valence-corrected chi connectivity index (χ1v) is 7.87. The summed E-state index contributed by atoms with van der Waals surface area (Å²) >= 11 is 0. The first kappa shape index (κ1) is 16.2. The summed E-state index contributed by atoms with van der Waals surface area (Å²) in [5.41, 5.74) is 0.449. The highest BCUT2D eigenvalue weighted by molar-refractivity contribution is 4.95. The van der Waals surface area contributed by atoms with Crippen molar-refractivity contribution in [3.8, 4) is 0 Å². The van der Waals surface area contributed by atoms with Gasteiger partial charge in [-0.2, -0.15) is 0 Å². The lowest BCUT2D eigenvalue weighted by Crippen LogP contribution is -2.54. The highest BCUT2D eigenvalue weighted by Crippen LogP contribution is 2.42. The second-order valence-corrected chi connectivity index (χ2v) is 6.44. The number of hydrogen-bond acceptors (Lipinski definition) is 4. The summed E-state index contributed by atoms with van der Waals surface area (Å²) < 4.78 is 22.4. The van der Waals surface area contributed by atoms with Gasteiger partial charge in [0, 0.05) is 25.0 Å². The van der Waals surface area contributed by atoms with E-state index in [1.807, 2.05) is 14.2 Å². The largest absolute Gasteiger partial charge is 0.381 e. The molecule has 0 saturated carbocycles. The van der Waals surface area contributed by atoms with Crippen LogP contribution >= 0.6 is 0 Å². The van der Waals surface area contributed by atoms with Crippen molar-refractivity contribution in [3.63, 3.8) is 0 Å². The third-order valence-corrected chi connectivity index (χ3v) is 5.59. The van der Waals surface area contributed by atoms with Crippen LogP contribution in [0.4, 0.5) is 0 Å². The quantitative estimate of drug-likeness (QED) is 0.653. The van der Waals surface area contributed by atoms with Crippen molar-refractivity contribution in [2.75, 3.05) is 40.6 Å². The topological polar surface area (TPSA) is 36.9 Å². The normalized spacial score (nSPS) is 26.4.